The van der Waals surface area contributed by atoms with Gasteiger partial charge in [-0.1, -0.05) is 18.2 Å². The predicted molar refractivity (Wildman–Crippen MR) is 94.3 cm³/mol. The van der Waals surface area contributed by atoms with Gasteiger partial charge in [-0.3, -0.25) is 0 Å². The maximum absolute atomic E-state index is 9.56. The van der Waals surface area contributed by atoms with E-state index in [4.69, 9.17) is 4.74 Å². The van der Waals surface area contributed by atoms with Crippen LogP contribution in [-0.4, -0.2) is 40.4 Å². The average Bonchev–Trinajstić information content (AvgIpc) is 2.62. The zero-order chi connectivity index (χ0) is 16.6. The zero-order valence-corrected chi connectivity index (χ0v) is 13.7. The quantitative estimate of drug-likeness (QED) is 0.678. The molecule has 0 atom stereocenters. The van der Waals surface area contributed by atoms with Crippen LogP contribution >= 0.6 is 0 Å². The molecule has 24 heavy (non-hydrogen) atoms. The van der Waals surface area contributed by atoms with E-state index in [9.17, 15) is 5.11 Å². The fourth-order valence-electron chi connectivity index (χ4n) is 2.83. The summed E-state index contributed by atoms with van der Waals surface area (Å²) in [5.41, 5.74) is 0. The highest BCUT2D eigenvalue weighted by atomic mass is 16.5. The van der Waals surface area contributed by atoms with E-state index in [1.807, 2.05) is 36.4 Å². The van der Waals surface area contributed by atoms with E-state index >= 15 is 0 Å². The molecule has 1 aliphatic rings. The second kappa shape index (κ2) is 8.49. The molecule has 2 aromatic rings. The molecule has 0 radical (unpaired) electrons. The molecule has 1 aromatic carbocycles. The van der Waals surface area contributed by atoms with Crippen LogP contribution in [0.5, 0.6) is 5.75 Å². The Labute approximate surface area is 142 Å². The Balaban J connectivity index is 1.43. The first-order valence-electron chi connectivity index (χ1n) is 8.48. The first-order chi connectivity index (χ1) is 11.8. The minimum atomic E-state index is -0.143. The third-order valence-corrected chi connectivity index (χ3v) is 4.14. The summed E-state index contributed by atoms with van der Waals surface area (Å²) >= 11 is 0. The highest BCUT2D eigenvalue weighted by molar-refractivity contribution is 5.47. The van der Waals surface area contributed by atoms with Crippen molar-refractivity contribution in [3.05, 3.63) is 42.7 Å². The van der Waals surface area contributed by atoms with Gasteiger partial charge in [0.05, 0.1) is 12.6 Å². The Morgan fingerprint density at radius 1 is 1.04 bits per heavy atom. The lowest BCUT2D eigenvalue weighted by Gasteiger charge is -2.26. The molecule has 3 N–H and O–H groups in total. The second-order valence-corrected chi connectivity index (χ2v) is 6.03. The Hall–Kier alpha value is -2.34. The normalized spacial score (nSPS) is 20.4. The molecular formula is C18H24N4O2. The minimum Gasteiger partial charge on any atom is -0.492 e. The van der Waals surface area contributed by atoms with Gasteiger partial charge in [0, 0.05) is 12.1 Å². The molecule has 0 unspecified atom stereocenters. The molecule has 1 aromatic heterocycles. The number of aliphatic hydroxyl groups excluding tert-OH is 1. The molecule has 0 saturated heterocycles. The lowest BCUT2D eigenvalue weighted by atomic mass is 9.93. The van der Waals surface area contributed by atoms with Gasteiger partial charge in [-0.25, -0.2) is 9.97 Å². The molecule has 0 amide bonds. The van der Waals surface area contributed by atoms with Crippen LogP contribution in [0.15, 0.2) is 42.7 Å². The van der Waals surface area contributed by atoms with E-state index in [0.29, 0.717) is 19.2 Å². The zero-order valence-electron chi connectivity index (χ0n) is 13.7. The first kappa shape index (κ1) is 16.5. The number of nitrogens with one attached hydrogen (secondary N) is 2. The van der Waals surface area contributed by atoms with Crippen molar-refractivity contribution in [2.24, 2.45) is 0 Å². The van der Waals surface area contributed by atoms with Crippen molar-refractivity contribution in [3.63, 3.8) is 0 Å². The Morgan fingerprint density at radius 3 is 2.58 bits per heavy atom. The molecule has 1 aliphatic carbocycles. The van der Waals surface area contributed by atoms with Crippen LogP contribution in [0.25, 0.3) is 0 Å². The fourth-order valence-corrected chi connectivity index (χ4v) is 2.83. The van der Waals surface area contributed by atoms with Crippen molar-refractivity contribution in [1.82, 2.24) is 9.97 Å². The molecule has 128 valence electrons. The highest BCUT2D eigenvalue weighted by Crippen LogP contribution is 2.21. The van der Waals surface area contributed by atoms with Crippen molar-refractivity contribution in [3.8, 4) is 5.75 Å². The standard InChI is InChI=1S/C18H24N4O2/c23-15-8-6-14(7-9-15)22-18-12-17(20-13-21-18)19-10-11-24-16-4-2-1-3-5-16/h1-5,12-15,23H,6-11H2,(H2,19,20,21,22). The number of ether oxygens (including phenoxy) is 1. The van der Waals surface area contributed by atoms with Crippen molar-refractivity contribution in [2.45, 2.75) is 37.8 Å². The third-order valence-electron chi connectivity index (χ3n) is 4.14. The predicted octanol–water partition coefficient (Wildman–Crippen LogP) is 2.68. The highest BCUT2D eigenvalue weighted by Gasteiger charge is 2.19. The fraction of sp³-hybridized carbons (Fsp3) is 0.444. The van der Waals surface area contributed by atoms with E-state index in [2.05, 4.69) is 20.6 Å². The summed E-state index contributed by atoms with van der Waals surface area (Å²) in [4.78, 5) is 8.50. The topological polar surface area (TPSA) is 79.3 Å². The number of aromatic nitrogens is 2. The average molecular weight is 328 g/mol. The van der Waals surface area contributed by atoms with Crippen molar-refractivity contribution in [2.75, 3.05) is 23.8 Å². The van der Waals surface area contributed by atoms with Crippen molar-refractivity contribution < 1.29 is 9.84 Å². The number of aliphatic hydroxyl groups is 1. The smallest absolute Gasteiger partial charge is 0.131 e. The molecule has 6 heteroatoms. The molecule has 6 nitrogen and oxygen atoms in total. The monoisotopic (exact) mass is 328 g/mol. The maximum Gasteiger partial charge on any atom is 0.131 e. The van der Waals surface area contributed by atoms with Crippen LogP contribution < -0.4 is 15.4 Å². The van der Waals surface area contributed by atoms with Gasteiger partial charge < -0.3 is 20.5 Å². The van der Waals surface area contributed by atoms with Crippen LogP contribution in [0.3, 0.4) is 0 Å². The van der Waals surface area contributed by atoms with Crippen LogP contribution in [0.2, 0.25) is 0 Å². The summed E-state index contributed by atoms with van der Waals surface area (Å²) in [6.45, 7) is 1.23. The van der Waals surface area contributed by atoms with Gasteiger partial charge in [0.2, 0.25) is 0 Å². The molecule has 3 rings (SSSR count). The molecule has 1 fully saturated rings. The number of para-hydroxylation sites is 1. The van der Waals surface area contributed by atoms with Gasteiger partial charge in [0.25, 0.3) is 0 Å². The van der Waals surface area contributed by atoms with Gasteiger partial charge in [0.15, 0.2) is 0 Å². The van der Waals surface area contributed by atoms with Crippen LogP contribution in [0.4, 0.5) is 11.6 Å². The maximum atomic E-state index is 9.56. The first-order valence-corrected chi connectivity index (χ1v) is 8.48. The summed E-state index contributed by atoms with van der Waals surface area (Å²) in [5, 5.41) is 16.2. The van der Waals surface area contributed by atoms with E-state index in [1.54, 1.807) is 6.33 Å². The van der Waals surface area contributed by atoms with Crippen molar-refractivity contribution in [1.29, 1.82) is 0 Å². The minimum absolute atomic E-state index is 0.143. The Kier molecular flexibility index (Phi) is 5.85. The number of anilines is 2. The number of hydrogen-bond donors (Lipinski definition) is 3. The lowest BCUT2D eigenvalue weighted by molar-refractivity contribution is 0.126. The van der Waals surface area contributed by atoms with Gasteiger partial charge in [-0.15, -0.1) is 0 Å². The largest absolute Gasteiger partial charge is 0.492 e. The summed E-state index contributed by atoms with van der Waals surface area (Å²) < 4.78 is 5.64. The lowest BCUT2D eigenvalue weighted by Crippen LogP contribution is -2.28. The number of benzene rings is 1. The van der Waals surface area contributed by atoms with Gasteiger partial charge in [0.1, 0.15) is 30.3 Å². The molecule has 1 saturated carbocycles. The van der Waals surface area contributed by atoms with Gasteiger partial charge in [-0.05, 0) is 37.8 Å². The van der Waals surface area contributed by atoms with Crippen molar-refractivity contribution >= 4 is 11.6 Å². The molecule has 0 bridgehead atoms. The van der Waals surface area contributed by atoms with Crippen LogP contribution in [0, 0.1) is 0 Å². The second-order valence-electron chi connectivity index (χ2n) is 6.03. The molecular weight excluding hydrogens is 304 g/mol. The van der Waals surface area contributed by atoms with E-state index in [0.717, 1.165) is 43.1 Å². The van der Waals surface area contributed by atoms with Gasteiger partial charge >= 0.3 is 0 Å². The summed E-state index contributed by atoms with van der Waals surface area (Å²) in [6.07, 6.45) is 5.06. The van der Waals surface area contributed by atoms with E-state index < -0.39 is 0 Å². The molecule has 0 aliphatic heterocycles. The molecule has 1 heterocycles. The van der Waals surface area contributed by atoms with E-state index in [-0.39, 0.29) is 6.10 Å². The molecule has 0 spiro atoms. The Morgan fingerprint density at radius 2 is 1.79 bits per heavy atom. The summed E-state index contributed by atoms with van der Waals surface area (Å²) in [6, 6.07) is 12.0. The van der Waals surface area contributed by atoms with E-state index in [1.165, 1.54) is 0 Å². The van der Waals surface area contributed by atoms with Crippen LogP contribution in [-0.2, 0) is 0 Å². The SMILES string of the molecule is OC1CCC(Nc2cc(NCCOc3ccccc3)ncn2)CC1. The number of nitrogens with zero attached hydrogens (tertiary/aromatic N) is 2. The number of rotatable bonds is 7. The Bertz CT molecular complexity index is 615. The number of hydrogen-bond acceptors (Lipinski definition) is 6. The summed E-state index contributed by atoms with van der Waals surface area (Å²) in [5.74, 6) is 2.46. The summed E-state index contributed by atoms with van der Waals surface area (Å²) in [7, 11) is 0. The third kappa shape index (κ3) is 5.09. The van der Waals surface area contributed by atoms with Crippen LogP contribution in [0.1, 0.15) is 25.7 Å². The van der Waals surface area contributed by atoms with Gasteiger partial charge in [-0.2, -0.15) is 0 Å².